The fourth-order valence-corrected chi connectivity index (χ4v) is 4.47. The van der Waals surface area contributed by atoms with Gasteiger partial charge in [0.2, 0.25) is 15.9 Å². The van der Waals surface area contributed by atoms with E-state index < -0.39 is 22.0 Å². The Morgan fingerprint density at radius 2 is 1.72 bits per heavy atom. The zero-order chi connectivity index (χ0) is 23.1. The molecular weight excluding hydrogens is 452 g/mol. The first kappa shape index (κ1) is 23.6. The summed E-state index contributed by atoms with van der Waals surface area (Å²) in [5, 5.41) is 2.91. The molecule has 3 aromatic rings. The third kappa shape index (κ3) is 6.23. The second-order valence-corrected chi connectivity index (χ2v) is 9.04. The van der Waals surface area contributed by atoms with Gasteiger partial charge in [0.05, 0.1) is 13.2 Å². The quantitative estimate of drug-likeness (QED) is 0.484. The van der Waals surface area contributed by atoms with Crippen molar-refractivity contribution in [3.63, 3.8) is 0 Å². The number of anilines is 1. The van der Waals surface area contributed by atoms with Crippen LogP contribution in [0.4, 0.5) is 5.69 Å². The summed E-state index contributed by atoms with van der Waals surface area (Å²) in [4.78, 5) is 12.4. The van der Waals surface area contributed by atoms with Gasteiger partial charge in [0, 0.05) is 10.7 Å². The molecule has 0 aliphatic heterocycles. The first-order valence-corrected chi connectivity index (χ1v) is 11.6. The topological polar surface area (TPSA) is 93.7 Å². The van der Waals surface area contributed by atoms with Crippen LogP contribution >= 0.6 is 11.6 Å². The monoisotopic (exact) mass is 474 g/mol. The lowest BCUT2D eigenvalue weighted by atomic mass is 10.2. The Morgan fingerprint density at radius 1 is 1.03 bits per heavy atom. The normalized spacial score (nSPS) is 12.1. The minimum Gasteiger partial charge on any atom is -0.495 e. The summed E-state index contributed by atoms with van der Waals surface area (Å²) in [5.41, 5.74) is 1.55. The minimum absolute atomic E-state index is 0.126. The van der Waals surface area contributed by atoms with Crippen LogP contribution in [-0.4, -0.2) is 27.5 Å². The van der Waals surface area contributed by atoms with E-state index in [0.717, 1.165) is 5.56 Å². The Hall–Kier alpha value is -3.07. The molecule has 0 bridgehead atoms. The van der Waals surface area contributed by atoms with E-state index in [0.29, 0.717) is 18.0 Å². The van der Waals surface area contributed by atoms with E-state index in [9.17, 15) is 13.2 Å². The maximum atomic E-state index is 12.7. The average Bonchev–Trinajstić information content (AvgIpc) is 2.79. The Bertz CT molecular complexity index is 1170. The van der Waals surface area contributed by atoms with Crippen molar-refractivity contribution < 1.29 is 22.7 Å². The molecule has 0 aromatic heterocycles. The number of amides is 1. The van der Waals surface area contributed by atoms with Crippen molar-refractivity contribution in [1.29, 1.82) is 0 Å². The van der Waals surface area contributed by atoms with Gasteiger partial charge >= 0.3 is 0 Å². The summed E-state index contributed by atoms with van der Waals surface area (Å²) in [7, 11) is -2.69. The van der Waals surface area contributed by atoms with Crippen LogP contribution in [0.1, 0.15) is 12.5 Å². The Morgan fingerprint density at radius 3 is 2.38 bits per heavy atom. The van der Waals surface area contributed by atoms with Crippen molar-refractivity contribution in [3.8, 4) is 11.5 Å². The van der Waals surface area contributed by atoms with Crippen LogP contribution < -0.4 is 19.5 Å². The number of rotatable bonds is 9. The Kier molecular flexibility index (Phi) is 7.74. The van der Waals surface area contributed by atoms with Crippen molar-refractivity contribution in [2.45, 2.75) is 24.5 Å². The Labute approximate surface area is 192 Å². The number of hydrogen-bond donors (Lipinski definition) is 2. The van der Waals surface area contributed by atoms with Gasteiger partial charge in [-0.3, -0.25) is 4.79 Å². The molecule has 0 fully saturated rings. The molecular formula is C23H23ClN2O5S. The molecule has 1 atom stereocenters. The van der Waals surface area contributed by atoms with E-state index in [1.54, 1.807) is 24.3 Å². The molecule has 1 unspecified atom stereocenters. The van der Waals surface area contributed by atoms with Crippen molar-refractivity contribution in [2.75, 3.05) is 12.4 Å². The number of carbonyl (C=O) groups is 1. The van der Waals surface area contributed by atoms with E-state index in [2.05, 4.69) is 10.0 Å². The first-order valence-electron chi connectivity index (χ1n) is 9.72. The third-order valence-corrected chi connectivity index (χ3v) is 6.31. The largest absolute Gasteiger partial charge is 0.495 e. The van der Waals surface area contributed by atoms with E-state index in [1.807, 2.05) is 30.3 Å². The zero-order valence-corrected chi connectivity index (χ0v) is 19.1. The van der Waals surface area contributed by atoms with Gasteiger partial charge in [0.1, 0.15) is 23.0 Å². The molecule has 0 spiro atoms. The van der Waals surface area contributed by atoms with Gasteiger partial charge in [0.25, 0.3) is 0 Å². The number of ether oxygens (including phenoxy) is 2. The summed E-state index contributed by atoms with van der Waals surface area (Å²) in [6, 6.07) is 19.8. The van der Waals surface area contributed by atoms with Crippen LogP contribution in [0, 0.1) is 0 Å². The molecule has 3 aromatic carbocycles. The number of benzene rings is 3. The summed E-state index contributed by atoms with van der Waals surface area (Å²) in [6.07, 6.45) is 0. The average molecular weight is 475 g/mol. The molecule has 0 aliphatic carbocycles. The number of sulfonamides is 1. The third-order valence-electron chi connectivity index (χ3n) is 4.51. The number of hydrogen-bond acceptors (Lipinski definition) is 5. The zero-order valence-electron chi connectivity index (χ0n) is 17.5. The molecule has 0 saturated carbocycles. The highest BCUT2D eigenvalue weighted by atomic mass is 35.5. The van der Waals surface area contributed by atoms with E-state index in [-0.39, 0.29) is 15.7 Å². The van der Waals surface area contributed by atoms with Crippen LogP contribution in [0.2, 0.25) is 5.02 Å². The van der Waals surface area contributed by atoms with Gasteiger partial charge in [-0.1, -0.05) is 41.9 Å². The van der Waals surface area contributed by atoms with Gasteiger partial charge in [-0.05, 0) is 55.0 Å². The van der Waals surface area contributed by atoms with Crippen molar-refractivity contribution in [3.05, 3.63) is 83.4 Å². The molecule has 3 rings (SSSR count). The molecule has 1 amide bonds. The highest BCUT2D eigenvalue weighted by Gasteiger charge is 2.25. The predicted molar refractivity (Wildman–Crippen MR) is 124 cm³/mol. The fraction of sp³-hybridized carbons (Fsp3) is 0.174. The van der Waals surface area contributed by atoms with Crippen LogP contribution in [0.25, 0.3) is 0 Å². The molecule has 0 saturated heterocycles. The molecule has 0 radical (unpaired) electrons. The van der Waals surface area contributed by atoms with Gasteiger partial charge < -0.3 is 14.8 Å². The van der Waals surface area contributed by atoms with Gasteiger partial charge in [-0.25, -0.2) is 8.42 Å². The van der Waals surface area contributed by atoms with Gasteiger partial charge in [-0.2, -0.15) is 4.72 Å². The van der Waals surface area contributed by atoms with Gasteiger partial charge in [-0.15, -0.1) is 0 Å². The number of nitrogens with one attached hydrogen (secondary N) is 2. The van der Waals surface area contributed by atoms with Crippen molar-refractivity contribution in [1.82, 2.24) is 4.72 Å². The summed E-state index contributed by atoms with van der Waals surface area (Å²) < 4.78 is 38.6. The summed E-state index contributed by atoms with van der Waals surface area (Å²) in [6.45, 7) is 1.87. The molecule has 168 valence electrons. The Balaban J connectivity index is 1.60. The fourth-order valence-electron chi connectivity index (χ4n) is 2.84. The number of methoxy groups -OCH3 is 1. The van der Waals surface area contributed by atoms with Gasteiger partial charge in [0.15, 0.2) is 0 Å². The van der Waals surface area contributed by atoms with Crippen LogP contribution in [0.3, 0.4) is 0 Å². The van der Waals surface area contributed by atoms with Crippen LogP contribution in [0.15, 0.2) is 77.7 Å². The van der Waals surface area contributed by atoms with E-state index in [4.69, 9.17) is 21.1 Å². The summed E-state index contributed by atoms with van der Waals surface area (Å²) >= 11 is 5.92. The molecule has 32 heavy (non-hydrogen) atoms. The highest BCUT2D eigenvalue weighted by molar-refractivity contribution is 7.89. The standard InChI is InChI=1S/C23H23ClN2O5S/c1-16(26-32(28,29)22-14-18(24)8-13-21(22)30-2)23(27)25-19-9-11-20(12-10-19)31-15-17-6-4-3-5-7-17/h3-14,16,26H,15H2,1-2H3,(H,25,27). The van der Waals surface area contributed by atoms with Crippen LogP contribution in [-0.2, 0) is 21.4 Å². The smallest absolute Gasteiger partial charge is 0.245 e. The molecule has 0 heterocycles. The molecule has 9 heteroatoms. The van der Waals surface area contributed by atoms with E-state index >= 15 is 0 Å². The van der Waals surface area contributed by atoms with Crippen molar-refractivity contribution in [2.24, 2.45) is 0 Å². The molecule has 2 N–H and O–H groups in total. The SMILES string of the molecule is COc1ccc(Cl)cc1S(=O)(=O)NC(C)C(=O)Nc1ccc(OCc2ccccc2)cc1. The molecule has 7 nitrogen and oxygen atoms in total. The second-order valence-electron chi connectivity index (χ2n) is 6.93. The second kappa shape index (κ2) is 10.5. The maximum absolute atomic E-state index is 12.7. The lowest BCUT2D eigenvalue weighted by Crippen LogP contribution is -2.41. The minimum atomic E-state index is -4.04. The van der Waals surface area contributed by atoms with Crippen molar-refractivity contribution >= 4 is 33.2 Å². The number of halogens is 1. The molecule has 0 aliphatic rings. The maximum Gasteiger partial charge on any atom is 0.245 e. The summed E-state index contributed by atoms with van der Waals surface area (Å²) in [5.74, 6) is 0.252. The lowest BCUT2D eigenvalue weighted by Gasteiger charge is -2.16. The highest BCUT2D eigenvalue weighted by Crippen LogP contribution is 2.27. The first-order chi connectivity index (χ1) is 15.3. The van der Waals surface area contributed by atoms with E-state index in [1.165, 1.54) is 32.2 Å². The number of carbonyl (C=O) groups excluding carboxylic acids is 1. The predicted octanol–water partition coefficient (Wildman–Crippen LogP) is 4.23. The lowest BCUT2D eigenvalue weighted by molar-refractivity contribution is -0.117. The van der Waals surface area contributed by atoms with Crippen LogP contribution in [0.5, 0.6) is 11.5 Å².